The highest BCUT2D eigenvalue weighted by atomic mass is 16.2. The molecule has 1 N–H and O–H groups in total. The maximum atomic E-state index is 13.3. The summed E-state index contributed by atoms with van der Waals surface area (Å²) in [5, 5.41) is 3.70. The molecule has 0 aromatic heterocycles. The molecule has 4 heteroatoms. The SMILES string of the molecule is O=C1C2=Nc3ccccc3NC(c3ccccc3)C2CN1C1CCCCC1. The Balaban J connectivity index is 1.57. The van der Waals surface area contributed by atoms with Crippen LogP contribution in [0.15, 0.2) is 59.6 Å². The smallest absolute Gasteiger partial charge is 0.268 e. The number of carbonyl (C=O) groups is 1. The van der Waals surface area contributed by atoms with E-state index < -0.39 is 0 Å². The number of likely N-dealkylation sites (tertiary alicyclic amines) is 1. The molecule has 2 unspecified atom stereocenters. The average Bonchev–Trinajstić information content (AvgIpc) is 2.95. The van der Waals surface area contributed by atoms with Gasteiger partial charge >= 0.3 is 0 Å². The van der Waals surface area contributed by atoms with Crippen molar-refractivity contribution in [1.82, 2.24) is 4.90 Å². The minimum atomic E-state index is 0.0612. The molecule has 2 aromatic rings. The largest absolute Gasteiger partial charge is 0.376 e. The van der Waals surface area contributed by atoms with E-state index in [9.17, 15) is 4.79 Å². The zero-order chi connectivity index (χ0) is 18.2. The van der Waals surface area contributed by atoms with E-state index in [0.29, 0.717) is 6.04 Å². The monoisotopic (exact) mass is 359 g/mol. The molecule has 138 valence electrons. The van der Waals surface area contributed by atoms with Crippen LogP contribution in [0.5, 0.6) is 0 Å². The molecule has 0 bridgehead atoms. The number of fused-ring (bicyclic) bond motifs is 2. The summed E-state index contributed by atoms with van der Waals surface area (Å²) in [4.78, 5) is 20.3. The van der Waals surface area contributed by atoms with Gasteiger partial charge in [-0.1, -0.05) is 61.7 Å². The number of aliphatic imine (C=N–C) groups is 1. The molecule has 1 aliphatic carbocycles. The van der Waals surface area contributed by atoms with Gasteiger partial charge < -0.3 is 10.2 Å². The van der Waals surface area contributed by atoms with E-state index in [1.54, 1.807) is 0 Å². The minimum Gasteiger partial charge on any atom is -0.376 e. The highest BCUT2D eigenvalue weighted by Crippen LogP contribution is 2.41. The van der Waals surface area contributed by atoms with Crippen LogP contribution in [-0.2, 0) is 4.79 Å². The standard InChI is InChI=1S/C23H25N3O/c27-23-22-18(15-26(23)17-11-5-2-6-12-17)21(16-9-3-1-4-10-16)24-19-13-7-8-14-20(19)25-22/h1,3-4,7-10,13-14,17-18,21,24H,2,5-6,11-12,15H2. The molecule has 2 atom stereocenters. The van der Waals surface area contributed by atoms with Gasteiger partial charge in [-0.3, -0.25) is 4.79 Å². The Morgan fingerprint density at radius 2 is 1.67 bits per heavy atom. The predicted octanol–water partition coefficient (Wildman–Crippen LogP) is 4.72. The molecule has 5 rings (SSSR count). The van der Waals surface area contributed by atoms with Crippen molar-refractivity contribution in [3.63, 3.8) is 0 Å². The van der Waals surface area contributed by atoms with E-state index >= 15 is 0 Å². The summed E-state index contributed by atoms with van der Waals surface area (Å²) in [7, 11) is 0. The number of amides is 1. The Morgan fingerprint density at radius 1 is 0.926 bits per heavy atom. The van der Waals surface area contributed by atoms with Crippen LogP contribution < -0.4 is 5.32 Å². The second-order valence-electron chi connectivity index (χ2n) is 7.90. The third-order valence-electron chi connectivity index (χ3n) is 6.26. The predicted molar refractivity (Wildman–Crippen MR) is 108 cm³/mol. The number of para-hydroxylation sites is 2. The fourth-order valence-electron chi connectivity index (χ4n) is 4.86. The summed E-state index contributed by atoms with van der Waals surface area (Å²) >= 11 is 0. The molecule has 4 nitrogen and oxygen atoms in total. The van der Waals surface area contributed by atoms with Gasteiger partial charge in [-0.25, -0.2) is 4.99 Å². The number of hydrogen-bond acceptors (Lipinski definition) is 3. The number of hydrogen-bond donors (Lipinski definition) is 1. The van der Waals surface area contributed by atoms with Gasteiger partial charge in [0.15, 0.2) is 0 Å². The Hall–Kier alpha value is -2.62. The summed E-state index contributed by atoms with van der Waals surface area (Å²) in [5.74, 6) is 0.223. The lowest BCUT2D eigenvalue weighted by molar-refractivity contribution is -0.125. The first kappa shape index (κ1) is 16.5. The van der Waals surface area contributed by atoms with Gasteiger partial charge in [0.05, 0.1) is 17.4 Å². The quantitative estimate of drug-likeness (QED) is 0.843. The minimum absolute atomic E-state index is 0.0612. The van der Waals surface area contributed by atoms with Crippen molar-refractivity contribution in [3.05, 3.63) is 60.2 Å². The van der Waals surface area contributed by atoms with Crippen molar-refractivity contribution in [2.45, 2.75) is 44.2 Å². The lowest BCUT2D eigenvalue weighted by Gasteiger charge is -2.32. The van der Waals surface area contributed by atoms with Crippen LogP contribution in [0.4, 0.5) is 11.4 Å². The van der Waals surface area contributed by atoms with E-state index in [0.717, 1.165) is 36.5 Å². The number of nitrogens with zero attached hydrogens (tertiary/aromatic N) is 2. The maximum absolute atomic E-state index is 13.3. The Bertz CT molecular complexity index is 870. The zero-order valence-electron chi connectivity index (χ0n) is 15.5. The first-order valence-corrected chi connectivity index (χ1v) is 10.1. The van der Waals surface area contributed by atoms with Crippen molar-refractivity contribution in [1.29, 1.82) is 0 Å². The summed E-state index contributed by atoms with van der Waals surface area (Å²) in [6, 6.07) is 19.0. The third kappa shape index (κ3) is 2.93. The summed E-state index contributed by atoms with van der Waals surface area (Å²) in [5.41, 5.74) is 3.82. The molecule has 2 aliphatic heterocycles. The lowest BCUT2D eigenvalue weighted by atomic mass is 9.90. The van der Waals surface area contributed by atoms with Gasteiger partial charge in [0.25, 0.3) is 5.91 Å². The van der Waals surface area contributed by atoms with Crippen molar-refractivity contribution in [2.24, 2.45) is 10.9 Å². The van der Waals surface area contributed by atoms with Crippen LogP contribution in [0.3, 0.4) is 0 Å². The highest BCUT2D eigenvalue weighted by Gasteiger charge is 2.45. The van der Waals surface area contributed by atoms with Crippen LogP contribution >= 0.6 is 0 Å². The van der Waals surface area contributed by atoms with Gasteiger partial charge in [0, 0.05) is 18.5 Å². The third-order valence-corrected chi connectivity index (χ3v) is 6.26. The van der Waals surface area contributed by atoms with Crippen molar-refractivity contribution in [2.75, 3.05) is 11.9 Å². The van der Waals surface area contributed by atoms with Crippen LogP contribution in [0, 0.1) is 5.92 Å². The molecule has 2 fully saturated rings. The number of carbonyl (C=O) groups excluding carboxylic acids is 1. The van der Waals surface area contributed by atoms with Gasteiger partial charge in [-0.15, -0.1) is 0 Å². The molecule has 27 heavy (non-hydrogen) atoms. The number of nitrogens with one attached hydrogen (secondary N) is 1. The highest BCUT2D eigenvalue weighted by molar-refractivity contribution is 6.42. The van der Waals surface area contributed by atoms with Gasteiger partial charge in [-0.05, 0) is 30.5 Å². The molecule has 1 amide bonds. The number of benzene rings is 2. The summed E-state index contributed by atoms with van der Waals surface area (Å²) < 4.78 is 0. The maximum Gasteiger partial charge on any atom is 0.268 e. The van der Waals surface area contributed by atoms with E-state index in [1.807, 2.05) is 24.3 Å². The number of rotatable bonds is 2. The van der Waals surface area contributed by atoms with Crippen molar-refractivity contribution >= 4 is 23.0 Å². The second-order valence-corrected chi connectivity index (χ2v) is 7.90. The van der Waals surface area contributed by atoms with E-state index in [1.165, 1.54) is 24.8 Å². The van der Waals surface area contributed by atoms with E-state index in [2.05, 4.69) is 40.5 Å². The molecular formula is C23H25N3O. The van der Waals surface area contributed by atoms with E-state index in [-0.39, 0.29) is 17.9 Å². The Morgan fingerprint density at radius 3 is 2.48 bits per heavy atom. The van der Waals surface area contributed by atoms with Crippen LogP contribution in [0.1, 0.15) is 43.7 Å². The molecule has 0 radical (unpaired) electrons. The van der Waals surface area contributed by atoms with E-state index in [4.69, 9.17) is 4.99 Å². The molecular weight excluding hydrogens is 334 g/mol. The van der Waals surface area contributed by atoms with Crippen molar-refractivity contribution < 1.29 is 4.79 Å². The molecule has 2 heterocycles. The second kappa shape index (κ2) is 6.84. The summed E-state index contributed by atoms with van der Waals surface area (Å²) in [6.07, 6.45) is 6.02. The average molecular weight is 359 g/mol. The fourth-order valence-corrected chi connectivity index (χ4v) is 4.86. The molecule has 1 saturated heterocycles. The molecule has 2 aromatic carbocycles. The molecule has 0 spiro atoms. The van der Waals surface area contributed by atoms with Gasteiger partial charge in [-0.2, -0.15) is 0 Å². The number of anilines is 1. The first-order valence-electron chi connectivity index (χ1n) is 10.1. The normalized spacial score (nSPS) is 25.3. The Labute approximate surface area is 160 Å². The van der Waals surface area contributed by atoms with Crippen molar-refractivity contribution in [3.8, 4) is 0 Å². The molecule has 1 saturated carbocycles. The van der Waals surface area contributed by atoms with Gasteiger partial charge in [0.2, 0.25) is 0 Å². The topological polar surface area (TPSA) is 44.7 Å². The molecule has 3 aliphatic rings. The zero-order valence-corrected chi connectivity index (χ0v) is 15.5. The van der Waals surface area contributed by atoms with Crippen LogP contribution in [-0.4, -0.2) is 29.1 Å². The fraction of sp³-hybridized carbons (Fsp3) is 0.391. The summed E-state index contributed by atoms with van der Waals surface area (Å²) in [6.45, 7) is 0.767. The van der Waals surface area contributed by atoms with Gasteiger partial charge in [0.1, 0.15) is 5.71 Å². The lowest BCUT2D eigenvalue weighted by Crippen LogP contribution is -2.39. The first-order chi connectivity index (χ1) is 13.3. The van der Waals surface area contributed by atoms with Crippen LogP contribution in [0.2, 0.25) is 0 Å². The Kier molecular flexibility index (Phi) is 4.19. The van der Waals surface area contributed by atoms with Crippen LogP contribution in [0.25, 0.3) is 0 Å².